The predicted molar refractivity (Wildman–Crippen MR) is 67.2 cm³/mol. The Balaban J connectivity index is 2.17. The number of carbonyl (C=O) groups excluding carboxylic acids is 1. The number of carbonyl (C=O) groups is 1. The van der Waals surface area contributed by atoms with E-state index in [1.165, 1.54) is 5.56 Å². The third-order valence-electron chi connectivity index (χ3n) is 2.80. The molecule has 0 aliphatic heterocycles. The van der Waals surface area contributed by atoms with Gasteiger partial charge >= 0.3 is 0 Å². The third kappa shape index (κ3) is 2.61. The number of hydrogen-bond donors (Lipinski definition) is 0. The molecule has 0 aliphatic carbocycles. The first kappa shape index (κ1) is 11.6. The summed E-state index contributed by atoms with van der Waals surface area (Å²) in [6.45, 7) is 3.90. The molecule has 2 rings (SSSR count). The number of benzene rings is 1. The number of nitrogens with zero attached hydrogens (tertiary/aromatic N) is 2. The van der Waals surface area contributed by atoms with Crippen molar-refractivity contribution in [1.29, 1.82) is 0 Å². The molecule has 0 spiro atoms. The van der Waals surface area contributed by atoms with Crippen LogP contribution >= 0.6 is 0 Å². The van der Waals surface area contributed by atoms with E-state index in [-0.39, 0.29) is 5.78 Å². The van der Waals surface area contributed by atoms with Gasteiger partial charge in [-0.05, 0) is 19.4 Å². The second-order valence-electron chi connectivity index (χ2n) is 4.39. The molecule has 0 saturated carbocycles. The predicted octanol–water partition coefficient (Wildman–Crippen LogP) is 2.46. The standard InChI is InChI=1S/C14H16N2O/c1-10-4-6-12(7-5-10)8-14(17)13-9-16(3)15-11(13)2/h4-7,9H,8H2,1-3H3. The molecule has 0 unspecified atom stereocenters. The van der Waals surface area contributed by atoms with Crippen molar-refractivity contribution in [3.63, 3.8) is 0 Å². The van der Waals surface area contributed by atoms with E-state index in [0.717, 1.165) is 11.3 Å². The SMILES string of the molecule is Cc1ccc(CC(=O)c2cn(C)nc2C)cc1. The van der Waals surface area contributed by atoms with Crippen LogP contribution in [0.1, 0.15) is 27.2 Å². The van der Waals surface area contributed by atoms with Crippen LogP contribution in [0.15, 0.2) is 30.5 Å². The highest BCUT2D eigenvalue weighted by Gasteiger charge is 2.12. The lowest BCUT2D eigenvalue weighted by Crippen LogP contribution is -2.04. The first-order valence-corrected chi connectivity index (χ1v) is 5.65. The molecule has 1 heterocycles. The van der Waals surface area contributed by atoms with Gasteiger partial charge in [-0.2, -0.15) is 5.10 Å². The normalized spacial score (nSPS) is 10.5. The quantitative estimate of drug-likeness (QED) is 0.756. The lowest BCUT2D eigenvalue weighted by atomic mass is 10.0. The van der Waals surface area contributed by atoms with Gasteiger partial charge in [-0.25, -0.2) is 0 Å². The summed E-state index contributed by atoms with van der Waals surface area (Å²) in [5, 5.41) is 4.18. The Bertz CT molecular complexity index is 538. The van der Waals surface area contributed by atoms with E-state index in [1.54, 1.807) is 10.9 Å². The zero-order valence-electron chi connectivity index (χ0n) is 10.4. The van der Waals surface area contributed by atoms with Gasteiger partial charge in [-0.1, -0.05) is 29.8 Å². The Labute approximate surface area is 101 Å². The van der Waals surface area contributed by atoms with Crippen LogP contribution in [0.5, 0.6) is 0 Å². The fraction of sp³-hybridized carbons (Fsp3) is 0.286. The Hall–Kier alpha value is -1.90. The Kier molecular flexibility index (Phi) is 3.09. The average Bonchev–Trinajstić information content (AvgIpc) is 2.61. The van der Waals surface area contributed by atoms with Crippen LogP contribution in [0.25, 0.3) is 0 Å². The zero-order chi connectivity index (χ0) is 12.4. The van der Waals surface area contributed by atoms with Crippen molar-refractivity contribution in [1.82, 2.24) is 9.78 Å². The smallest absolute Gasteiger partial charge is 0.170 e. The molecule has 1 aromatic carbocycles. The molecule has 17 heavy (non-hydrogen) atoms. The summed E-state index contributed by atoms with van der Waals surface area (Å²) in [6, 6.07) is 8.05. The van der Waals surface area contributed by atoms with E-state index in [1.807, 2.05) is 45.2 Å². The molecule has 2 aromatic rings. The fourth-order valence-electron chi connectivity index (χ4n) is 1.86. The number of rotatable bonds is 3. The second-order valence-corrected chi connectivity index (χ2v) is 4.39. The Morgan fingerprint density at radius 3 is 2.41 bits per heavy atom. The maximum absolute atomic E-state index is 12.1. The molecule has 0 amide bonds. The van der Waals surface area contributed by atoms with Crippen molar-refractivity contribution in [3.05, 3.63) is 52.8 Å². The van der Waals surface area contributed by atoms with Crippen LogP contribution in [-0.2, 0) is 13.5 Å². The summed E-state index contributed by atoms with van der Waals surface area (Å²) in [5.74, 6) is 0.124. The van der Waals surface area contributed by atoms with Crippen LogP contribution in [0.4, 0.5) is 0 Å². The van der Waals surface area contributed by atoms with Crippen molar-refractivity contribution >= 4 is 5.78 Å². The minimum atomic E-state index is 0.124. The number of Topliss-reactive ketones (excluding diaryl/α,β-unsaturated/α-hetero) is 1. The van der Waals surface area contributed by atoms with Crippen molar-refractivity contribution < 1.29 is 4.79 Å². The summed E-state index contributed by atoms with van der Waals surface area (Å²) in [7, 11) is 1.83. The molecule has 0 atom stereocenters. The van der Waals surface area contributed by atoms with Crippen molar-refractivity contribution in [2.45, 2.75) is 20.3 Å². The molecule has 0 saturated heterocycles. The van der Waals surface area contributed by atoms with E-state index in [2.05, 4.69) is 5.10 Å². The van der Waals surface area contributed by atoms with Gasteiger partial charge in [0, 0.05) is 19.7 Å². The minimum absolute atomic E-state index is 0.124. The molecular weight excluding hydrogens is 212 g/mol. The molecule has 0 radical (unpaired) electrons. The fourth-order valence-corrected chi connectivity index (χ4v) is 1.86. The molecule has 3 nitrogen and oxygen atoms in total. The van der Waals surface area contributed by atoms with Gasteiger partial charge in [-0.15, -0.1) is 0 Å². The molecule has 88 valence electrons. The van der Waals surface area contributed by atoms with E-state index in [4.69, 9.17) is 0 Å². The van der Waals surface area contributed by atoms with Crippen LogP contribution < -0.4 is 0 Å². The van der Waals surface area contributed by atoms with Gasteiger partial charge in [0.2, 0.25) is 0 Å². The first-order chi connectivity index (χ1) is 8.06. The summed E-state index contributed by atoms with van der Waals surface area (Å²) >= 11 is 0. The van der Waals surface area contributed by atoms with Gasteiger partial charge in [0.1, 0.15) is 0 Å². The Morgan fingerprint density at radius 1 is 1.24 bits per heavy atom. The minimum Gasteiger partial charge on any atom is -0.294 e. The van der Waals surface area contributed by atoms with Crippen LogP contribution in [0, 0.1) is 13.8 Å². The molecule has 0 N–H and O–H groups in total. The van der Waals surface area contributed by atoms with E-state index in [9.17, 15) is 4.79 Å². The van der Waals surface area contributed by atoms with Crippen molar-refractivity contribution in [3.8, 4) is 0 Å². The van der Waals surface area contributed by atoms with Gasteiger partial charge < -0.3 is 0 Å². The highest BCUT2D eigenvalue weighted by Crippen LogP contribution is 2.11. The van der Waals surface area contributed by atoms with Crippen LogP contribution in [0.2, 0.25) is 0 Å². The maximum atomic E-state index is 12.1. The Morgan fingerprint density at radius 2 is 1.88 bits per heavy atom. The zero-order valence-corrected chi connectivity index (χ0v) is 10.4. The van der Waals surface area contributed by atoms with Crippen molar-refractivity contribution in [2.24, 2.45) is 7.05 Å². The highest BCUT2D eigenvalue weighted by molar-refractivity contribution is 5.98. The van der Waals surface area contributed by atoms with Gasteiger partial charge in [-0.3, -0.25) is 9.48 Å². The van der Waals surface area contributed by atoms with Gasteiger partial charge in [0.15, 0.2) is 5.78 Å². The highest BCUT2D eigenvalue weighted by atomic mass is 16.1. The molecule has 3 heteroatoms. The van der Waals surface area contributed by atoms with Crippen molar-refractivity contribution in [2.75, 3.05) is 0 Å². The van der Waals surface area contributed by atoms with E-state index < -0.39 is 0 Å². The molecule has 0 bridgehead atoms. The first-order valence-electron chi connectivity index (χ1n) is 5.65. The van der Waals surface area contributed by atoms with E-state index in [0.29, 0.717) is 12.0 Å². The lowest BCUT2D eigenvalue weighted by Gasteiger charge is -2.00. The number of ketones is 1. The molecular formula is C14H16N2O. The summed E-state index contributed by atoms with van der Waals surface area (Å²) < 4.78 is 1.68. The van der Waals surface area contributed by atoms with E-state index >= 15 is 0 Å². The van der Waals surface area contributed by atoms with Gasteiger partial charge in [0.25, 0.3) is 0 Å². The topological polar surface area (TPSA) is 34.9 Å². The molecule has 0 fully saturated rings. The largest absolute Gasteiger partial charge is 0.294 e. The monoisotopic (exact) mass is 228 g/mol. The maximum Gasteiger partial charge on any atom is 0.170 e. The number of hydrogen-bond acceptors (Lipinski definition) is 2. The summed E-state index contributed by atoms with van der Waals surface area (Å²) in [6.07, 6.45) is 2.22. The number of aryl methyl sites for hydroxylation is 3. The van der Waals surface area contributed by atoms with Gasteiger partial charge in [0.05, 0.1) is 11.3 Å². The molecule has 0 aliphatic rings. The second kappa shape index (κ2) is 4.53. The van der Waals surface area contributed by atoms with Crippen LogP contribution in [0.3, 0.4) is 0 Å². The summed E-state index contributed by atoms with van der Waals surface area (Å²) in [4.78, 5) is 12.1. The third-order valence-corrected chi connectivity index (χ3v) is 2.80. The lowest BCUT2D eigenvalue weighted by molar-refractivity contribution is 0.0992. The summed E-state index contributed by atoms with van der Waals surface area (Å²) in [5.41, 5.74) is 3.76. The number of aromatic nitrogens is 2. The average molecular weight is 228 g/mol. The van der Waals surface area contributed by atoms with Crippen LogP contribution in [-0.4, -0.2) is 15.6 Å². The molecule has 1 aromatic heterocycles.